The van der Waals surface area contributed by atoms with Gasteiger partial charge in [-0.25, -0.2) is 0 Å². The van der Waals surface area contributed by atoms with Gasteiger partial charge in [-0.1, -0.05) is 55.8 Å². The lowest BCUT2D eigenvalue weighted by atomic mass is 9.83. The molecule has 18 heavy (non-hydrogen) atoms. The van der Waals surface area contributed by atoms with Crippen LogP contribution in [0.3, 0.4) is 0 Å². The summed E-state index contributed by atoms with van der Waals surface area (Å²) < 4.78 is 0. The Morgan fingerprint density at radius 2 is 2.06 bits per heavy atom. The van der Waals surface area contributed by atoms with E-state index < -0.39 is 0 Å². The molecule has 0 heterocycles. The highest BCUT2D eigenvalue weighted by molar-refractivity contribution is 6.31. The SMILES string of the molecule is Cc1ccc(C(CC2CCCCC2)NN)cc1Cl. The van der Waals surface area contributed by atoms with Crippen LogP contribution >= 0.6 is 11.6 Å². The molecule has 2 nitrogen and oxygen atoms in total. The minimum atomic E-state index is 0.228. The number of hydrazine groups is 1. The summed E-state index contributed by atoms with van der Waals surface area (Å²) in [4.78, 5) is 0. The van der Waals surface area contributed by atoms with Crippen LogP contribution in [0.25, 0.3) is 0 Å². The number of aryl methyl sites for hydroxylation is 1. The van der Waals surface area contributed by atoms with E-state index in [0.717, 1.165) is 22.9 Å². The fourth-order valence-corrected chi connectivity index (χ4v) is 3.07. The van der Waals surface area contributed by atoms with Crippen molar-refractivity contribution in [1.29, 1.82) is 0 Å². The summed E-state index contributed by atoms with van der Waals surface area (Å²) in [6, 6.07) is 6.48. The molecule has 1 atom stereocenters. The minimum absolute atomic E-state index is 0.228. The normalized spacial score (nSPS) is 18.8. The number of hydrogen-bond donors (Lipinski definition) is 2. The van der Waals surface area contributed by atoms with Gasteiger partial charge in [0.15, 0.2) is 0 Å². The summed E-state index contributed by atoms with van der Waals surface area (Å²) in [7, 11) is 0. The topological polar surface area (TPSA) is 38.0 Å². The van der Waals surface area contributed by atoms with Crippen molar-refractivity contribution in [1.82, 2.24) is 5.43 Å². The molecular formula is C15H23ClN2. The zero-order valence-corrected chi connectivity index (χ0v) is 11.8. The lowest BCUT2D eigenvalue weighted by molar-refractivity contribution is 0.301. The fraction of sp³-hybridized carbons (Fsp3) is 0.600. The number of hydrogen-bond acceptors (Lipinski definition) is 2. The summed E-state index contributed by atoms with van der Waals surface area (Å²) in [5.41, 5.74) is 5.28. The van der Waals surface area contributed by atoms with Gasteiger partial charge in [0.2, 0.25) is 0 Å². The highest BCUT2D eigenvalue weighted by Crippen LogP contribution is 2.32. The van der Waals surface area contributed by atoms with Crippen molar-refractivity contribution in [3.63, 3.8) is 0 Å². The highest BCUT2D eigenvalue weighted by Gasteiger charge is 2.19. The number of rotatable bonds is 4. The van der Waals surface area contributed by atoms with E-state index in [1.807, 2.05) is 13.0 Å². The summed E-state index contributed by atoms with van der Waals surface area (Å²) in [6.07, 6.45) is 7.95. The first kappa shape index (κ1) is 13.9. The summed E-state index contributed by atoms with van der Waals surface area (Å²) in [6.45, 7) is 2.03. The molecule has 1 aliphatic rings. The van der Waals surface area contributed by atoms with Gasteiger partial charge in [-0.05, 0) is 36.5 Å². The molecule has 2 rings (SSSR count). The molecule has 0 spiro atoms. The standard InChI is InChI=1S/C15H23ClN2/c1-11-7-8-13(10-14(11)16)15(18-17)9-12-5-3-2-4-6-12/h7-8,10,12,15,18H,2-6,9,17H2,1H3. The maximum absolute atomic E-state index is 6.19. The van der Waals surface area contributed by atoms with Gasteiger partial charge in [0.1, 0.15) is 0 Å². The predicted molar refractivity (Wildman–Crippen MR) is 77.4 cm³/mol. The maximum Gasteiger partial charge on any atom is 0.0463 e. The Morgan fingerprint density at radius 3 is 2.67 bits per heavy atom. The van der Waals surface area contributed by atoms with Crippen LogP contribution in [0.1, 0.15) is 55.7 Å². The zero-order chi connectivity index (χ0) is 13.0. The molecule has 0 aromatic heterocycles. The predicted octanol–water partition coefficient (Wildman–Crippen LogP) is 4.12. The first-order valence-corrected chi connectivity index (χ1v) is 7.30. The molecule has 1 aromatic rings. The fourth-order valence-electron chi connectivity index (χ4n) is 2.88. The average molecular weight is 267 g/mol. The van der Waals surface area contributed by atoms with Gasteiger partial charge in [0, 0.05) is 11.1 Å². The first-order valence-electron chi connectivity index (χ1n) is 6.93. The van der Waals surface area contributed by atoms with E-state index in [2.05, 4.69) is 17.6 Å². The van der Waals surface area contributed by atoms with E-state index in [0.29, 0.717) is 0 Å². The minimum Gasteiger partial charge on any atom is -0.271 e. The quantitative estimate of drug-likeness (QED) is 0.635. The molecule has 1 saturated carbocycles. The second kappa shape index (κ2) is 6.55. The van der Waals surface area contributed by atoms with Crippen LogP contribution in [0, 0.1) is 12.8 Å². The molecule has 3 heteroatoms. The van der Waals surface area contributed by atoms with Gasteiger partial charge < -0.3 is 0 Å². The third-order valence-corrected chi connectivity index (χ3v) is 4.50. The van der Waals surface area contributed by atoms with Crippen molar-refractivity contribution in [2.75, 3.05) is 0 Å². The third-order valence-electron chi connectivity index (χ3n) is 4.09. The van der Waals surface area contributed by atoms with Gasteiger partial charge in [-0.2, -0.15) is 0 Å². The molecule has 0 bridgehead atoms. The number of halogens is 1. The Hall–Kier alpha value is -0.570. The maximum atomic E-state index is 6.19. The van der Waals surface area contributed by atoms with Crippen molar-refractivity contribution >= 4 is 11.6 Å². The monoisotopic (exact) mass is 266 g/mol. The van der Waals surface area contributed by atoms with Crippen molar-refractivity contribution in [2.24, 2.45) is 11.8 Å². The Bertz CT molecular complexity index is 386. The van der Waals surface area contributed by atoms with E-state index in [9.17, 15) is 0 Å². The van der Waals surface area contributed by atoms with Gasteiger partial charge in [0.25, 0.3) is 0 Å². The Kier molecular flexibility index (Phi) is 5.04. The van der Waals surface area contributed by atoms with Crippen LogP contribution in [0.2, 0.25) is 5.02 Å². The smallest absolute Gasteiger partial charge is 0.0463 e. The van der Waals surface area contributed by atoms with Gasteiger partial charge in [-0.15, -0.1) is 0 Å². The van der Waals surface area contributed by atoms with Crippen LogP contribution in [0.4, 0.5) is 0 Å². The zero-order valence-electron chi connectivity index (χ0n) is 11.1. The lowest BCUT2D eigenvalue weighted by Crippen LogP contribution is -2.30. The van der Waals surface area contributed by atoms with E-state index in [4.69, 9.17) is 17.4 Å². The molecule has 1 aliphatic carbocycles. The van der Waals surface area contributed by atoms with Crippen molar-refractivity contribution in [2.45, 2.75) is 51.5 Å². The molecule has 0 radical (unpaired) electrons. The Morgan fingerprint density at radius 1 is 1.33 bits per heavy atom. The Labute approximate surface area is 115 Å². The molecule has 100 valence electrons. The van der Waals surface area contributed by atoms with Crippen LogP contribution in [-0.2, 0) is 0 Å². The number of nitrogens with two attached hydrogens (primary N) is 1. The van der Waals surface area contributed by atoms with Crippen LogP contribution in [0.15, 0.2) is 18.2 Å². The van der Waals surface area contributed by atoms with Gasteiger partial charge in [-0.3, -0.25) is 11.3 Å². The van der Waals surface area contributed by atoms with Crippen LogP contribution in [-0.4, -0.2) is 0 Å². The third kappa shape index (κ3) is 3.47. The second-order valence-electron chi connectivity index (χ2n) is 5.47. The van der Waals surface area contributed by atoms with E-state index >= 15 is 0 Å². The lowest BCUT2D eigenvalue weighted by Gasteiger charge is -2.26. The van der Waals surface area contributed by atoms with Gasteiger partial charge in [0.05, 0.1) is 0 Å². The molecular weight excluding hydrogens is 244 g/mol. The first-order chi connectivity index (χ1) is 8.70. The summed E-state index contributed by atoms with van der Waals surface area (Å²) in [5.74, 6) is 6.52. The largest absolute Gasteiger partial charge is 0.271 e. The summed E-state index contributed by atoms with van der Waals surface area (Å²) in [5, 5.41) is 0.830. The molecule has 1 fully saturated rings. The molecule has 3 N–H and O–H groups in total. The van der Waals surface area contributed by atoms with Crippen molar-refractivity contribution in [3.05, 3.63) is 34.3 Å². The summed E-state index contributed by atoms with van der Waals surface area (Å²) >= 11 is 6.19. The average Bonchev–Trinajstić information content (AvgIpc) is 2.40. The van der Waals surface area contributed by atoms with Crippen LogP contribution in [0.5, 0.6) is 0 Å². The van der Waals surface area contributed by atoms with Crippen LogP contribution < -0.4 is 11.3 Å². The van der Waals surface area contributed by atoms with E-state index in [1.54, 1.807) is 0 Å². The molecule has 1 aromatic carbocycles. The molecule has 1 unspecified atom stereocenters. The van der Waals surface area contributed by atoms with Crippen molar-refractivity contribution < 1.29 is 0 Å². The molecule has 0 saturated heterocycles. The highest BCUT2D eigenvalue weighted by atomic mass is 35.5. The second-order valence-corrected chi connectivity index (χ2v) is 5.87. The van der Waals surface area contributed by atoms with E-state index in [-0.39, 0.29) is 6.04 Å². The molecule has 0 amide bonds. The number of nitrogens with one attached hydrogen (secondary N) is 1. The Balaban J connectivity index is 2.04. The van der Waals surface area contributed by atoms with Gasteiger partial charge >= 0.3 is 0 Å². The van der Waals surface area contributed by atoms with E-state index in [1.165, 1.54) is 37.7 Å². The van der Waals surface area contributed by atoms with Crippen molar-refractivity contribution in [3.8, 4) is 0 Å². The molecule has 0 aliphatic heterocycles. The number of benzene rings is 1.